The molecule has 0 N–H and O–H groups in total. The quantitative estimate of drug-likeness (QED) is 0.414. The second-order valence-corrected chi connectivity index (χ2v) is 14.5. The number of ether oxygens (including phenoxy) is 2. The van der Waals surface area contributed by atoms with Crippen LogP contribution in [0.3, 0.4) is 0 Å². The van der Waals surface area contributed by atoms with Gasteiger partial charge in [-0.15, -0.1) is 0 Å². The van der Waals surface area contributed by atoms with Crippen molar-refractivity contribution in [1.82, 2.24) is 0 Å². The van der Waals surface area contributed by atoms with Crippen LogP contribution in [0.25, 0.3) is 0 Å². The normalized spacial score (nSPS) is 52.3. The van der Waals surface area contributed by atoms with Gasteiger partial charge in [0.1, 0.15) is 17.0 Å². The molecule has 0 amide bonds. The van der Waals surface area contributed by atoms with Crippen molar-refractivity contribution in [3.63, 3.8) is 0 Å². The highest BCUT2D eigenvalue weighted by atomic mass is 16.6. The van der Waals surface area contributed by atoms with Crippen molar-refractivity contribution in [3.05, 3.63) is 23.0 Å². The van der Waals surface area contributed by atoms with Gasteiger partial charge in [-0.2, -0.15) is 0 Å². The Morgan fingerprint density at radius 2 is 1.82 bits per heavy atom. The topological polar surface area (TPSA) is 35.5 Å². The summed E-state index contributed by atoms with van der Waals surface area (Å²) in [4.78, 5) is 14.8. The van der Waals surface area contributed by atoms with E-state index in [-0.39, 0.29) is 33.4 Å². The molecule has 0 aromatic rings. The first kappa shape index (κ1) is 21.2. The molecule has 5 fully saturated rings. The van der Waals surface area contributed by atoms with E-state index < -0.39 is 5.60 Å². The molecular formula is C30H42O3. The van der Waals surface area contributed by atoms with E-state index in [4.69, 9.17) is 9.47 Å². The molecule has 3 nitrogen and oxygen atoms in total. The van der Waals surface area contributed by atoms with Crippen molar-refractivity contribution in [2.45, 2.75) is 117 Å². The molecule has 2 saturated heterocycles. The first-order valence-electron chi connectivity index (χ1n) is 13.7. The average Bonchev–Trinajstić information content (AvgIpc) is 3.18. The average molecular weight is 451 g/mol. The number of rotatable bonds is 1. The number of ketones is 1. The zero-order valence-electron chi connectivity index (χ0n) is 21.8. The highest BCUT2D eigenvalue weighted by molar-refractivity contribution is 6.04. The summed E-state index contributed by atoms with van der Waals surface area (Å²) < 4.78 is 14.8. The van der Waals surface area contributed by atoms with Gasteiger partial charge >= 0.3 is 0 Å². The molecule has 5 aliphatic carbocycles. The molecule has 2 unspecified atom stereocenters. The maximum absolute atomic E-state index is 14.8. The first-order valence-corrected chi connectivity index (χ1v) is 13.7. The van der Waals surface area contributed by atoms with Crippen molar-refractivity contribution in [1.29, 1.82) is 0 Å². The monoisotopic (exact) mass is 450 g/mol. The smallest absolute Gasteiger partial charge is 0.169 e. The molecule has 0 aromatic carbocycles. The van der Waals surface area contributed by atoms with Crippen molar-refractivity contribution < 1.29 is 14.3 Å². The summed E-state index contributed by atoms with van der Waals surface area (Å²) in [6.07, 6.45) is 11.4. The SMILES string of the molecule is CC1=CC[C@]23CCC4C(C)(C)CCC[C@]45C[C@]24C1C[C@@H]1C(C)(C)OC(=C(C(C)C)C3=O)[C@@]14O5. The molecule has 2 heterocycles. The summed E-state index contributed by atoms with van der Waals surface area (Å²) in [6, 6.07) is 0. The van der Waals surface area contributed by atoms with Gasteiger partial charge in [0.25, 0.3) is 0 Å². The molecule has 7 rings (SSSR count). The minimum absolute atomic E-state index is 0.111. The van der Waals surface area contributed by atoms with Gasteiger partial charge in [0, 0.05) is 22.3 Å². The lowest BCUT2D eigenvalue weighted by Crippen LogP contribution is -2.65. The molecule has 2 bridgehead atoms. The highest BCUT2D eigenvalue weighted by Crippen LogP contribution is 2.86. The Morgan fingerprint density at radius 3 is 2.55 bits per heavy atom. The predicted molar refractivity (Wildman–Crippen MR) is 128 cm³/mol. The van der Waals surface area contributed by atoms with Gasteiger partial charge in [0.15, 0.2) is 5.78 Å². The van der Waals surface area contributed by atoms with Gasteiger partial charge in [-0.3, -0.25) is 4.79 Å². The number of carbonyl (C=O) groups is 1. The molecule has 3 heteroatoms. The molecule has 7 aliphatic rings. The Hall–Kier alpha value is -1.09. The van der Waals surface area contributed by atoms with Crippen LogP contribution in [0.15, 0.2) is 23.0 Å². The number of allylic oxidation sites excluding steroid dienone is 3. The van der Waals surface area contributed by atoms with E-state index in [1.165, 1.54) is 18.4 Å². The summed E-state index contributed by atoms with van der Waals surface area (Å²) in [7, 11) is 0. The molecule has 180 valence electrons. The summed E-state index contributed by atoms with van der Waals surface area (Å²) in [5, 5.41) is 0. The van der Waals surface area contributed by atoms with E-state index in [9.17, 15) is 4.79 Å². The summed E-state index contributed by atoms with van der Waals surface area (Å²) in [5.74, 6) is 2.84. The molecule has 2 aliphatic heterocycles. The largest absolute Gasteiger partial charge is 0.488 e. The van der Waals surface area contributed by atoms with E-state index in [2.05, 4.69) is 54.5 Å². The summed E-state index contributed by atoms with van der Waals surface area (Å²) >= 11 is 0. The van der Waals surface area contributed by atoms with E-state index >= 15 is 0 Å². The molecule has 3 spiro atoms. The number of hydrogen-bond donors (Lipinski definition) is 0. The maximum atomic E-state index is 14.8. The molecule has 0 radical (unpaired) electrons. The Balaban J connectivity index is 1.61. The van der Waals surface area contributed by atoms with Gasteiger partial charge in [0.05, 0.1) is 5.60 Å². The fourth-order valence-corrected chi connectivity index (χ4v) is 11.3. The zero-order valence-corrected chi connectivity index (χ0v) is 21.8. The number of Topliss-reactive ketones (excluding diaryl/α,β-unsaturated/α-hetero) is 1. The first-order chi connectivity index (χ1) is 15.4. The molecule has 3 saturated carbocycles. The molecule has 0 aromatic heterocycles. The summed E-state index contributed by atoms with van der Waals surface area (Å²) in [5.41, 5.74) is 1.45. The van der Waals surface area contributed by atoms with E-state index in [1.54, 1.807) is 0 Å². The van der Waals surface area contributed by atoms with Gasteiger partial charge < -0.3 is 9.47 Å². The van der Waals surface area contributed by atoms with Gasteiger partial charge in [0.2, 0.25) is 0 Å². The van der Waals surface area contributed by atoms with Crippen molar-refractivity contribution >= 4 is 5.78 Å². The van der Waals surface area contributed by atoms with Gasteiger partial charge in [-0.1, -0.05) is 45.8 Å². The summed E-state index contributed by atoms with van der Waals surface area (Å²) in [6.45, 7) is 16.2. The van der Waals surface area contributed by atoms with Crippen LogP contribution < -0.4 is 0 Å². The Kier molecular flexibility index (Phi) is 3.64. The fraction of sp³-hybridized carbons (Fsp3) is 0.833. The van der Waals surface area contributed by atoms with E-state index in [0.29, 0.717) is 23.5 Å². The molecule has 7 atom stereocenters. The third-order valence-electron chi connectivity index (χ3n) is 12.2. The minimum Gasteiger partial charge on any atom is -0.488 e. The standard InChI is InChI=1S/C30H42O3/c1-17(2)22-23(31)27-13-9-18(3)19-15-21-26(6,7)32-24(22)30(21)29(19,27)16-28(33-30)12-8-11-25(4,5)20(28)10-14-27/h9,17,19-21H,8,10-16H2,1-7H3/t19?,20?,21-,27-,28+,29+,30+/m1/s1. The van der Waals surface area contributed by atoms with Gasteiger partial charge in [-0.25, -0.2) is 0 Å². The number of hydrogen-bond acceptors (Lipinski definition) is 3. The lowest BCUT2D eigenvalue weighted by molar-refractivity contribution is -0.207. The van der Waals surface area contributed by atoms with Crippen LogP contribution in [0, 0.1) is 39.9 Å². The Labute approximate surface area is 199 Å². The van der Waals surface area contributed by atoms with E-state index in [1.807, 2.05) is 0 Å². The van der Waals surface area contributed by atoms with Crippen LogP contribution in [0.5, 0.6) is 0 Å². The number of carbonyl (C=O) groups excluding carboxylic acids is 1. The highest BCUT2D eigenvalue weighted by Gasteiger charge is 2.90. The van der Waals surface area contributed by atoms with E-state index in [0.717, 1.165) is 49.9 Å². The molecular weight excluding hydrogens is 408 g/mol. The van der Waals surface area contributed by atoms with Crippen LogP contribution in [0.4, 0.5) is 0 Å². The minimum atomic E-state index is -0.420. The second-order valence-electron chi connectivity index (χ2n) is 14.5. The van der Waals surface area contributed by atoms with Crippen LogP contribution in [0.1, 0.15) is 99.8 Å². The van der Waals surface area contributed by atoms with Crippen LogP contribution in [-0.2, 0) is 14.3 Å². The van der Waals surface area contributed by atoms with Gasteiger partial charge in [-0.05, 0) is 88.9 Å². The lowest BCUT2D eigenvalue weighted by Gasteiger charge is -2.60. The predicted octanol–water partition coefficient (Wildman–Crippen LogP) is 6.76. The van der Waals surface area contributed by atoms with Crippen LogP contribution >= 0.6 is 0 Å². The second kappa shape index (κ2) is 5.66. The zero-order chi connectivity index (χ0) is 23.4. The fourth-order valence-electron chi connectivity index (χ4n) is 11.3. The van der Waals surface area contributed by atoms with Crippen molar-refractivity contribution in [2.24, 2.45) is 39.9 Å². The van der Waals surface area contributed by atoms with Crippen LogP contribution in [-0.4, -0.2) is 22.6 Å². The molecule has 33 heavy (non-hydrogen) atoms. The van der Waals surface area contributed by atoms with Crippen molar-refractivity contribution in [2.75, 3.05) is 0 Å². The maximum Gasteiger partial charge on any atom is 0.169 e. The third-order valence-corrected chi connectivity index (χ3v) is 12.2. The Bertz CT molecular complexity index is 1040. The lowest BCUT2D eigenvalue weighted by atomic mass is 9.42. The third kappa shape index (κ3) is 1.92. The van der Waals surface area contributed by atoms with Crippen LogP contribution in [0.2, 0.25) is 0 Å². The Morgan fingerprint density at radius 1 is 1.06 bits per heavy atom. The van der Waals surface area contributed by atoms with Crippen molar-refractivity contribution in [3.8, 4) is 0 Å².